The van der Waals surface area contributed by atoms with Crippen LogP contribution in [0, 0.1) is 0 Å². The van der Waals surface area contributed by atoms with Crippen molar-refractivity contribution in [1.82, 2.24) is 20.5 Å². The Labute approximate surface area is 118 Å². The largest absolute Gasteiger partial charge is 0.343 e. The molecule has 1 atom stereocenters. The van der Waals surface area contributed by atoms with Gasteiger partial charge in [0.1, 0.15) is 5.01 Å². The molecule has 1 fully saturated rings. The van der Waals surface area contributed by atoms with E-state index < -0.39 is 5.54 Å². The molecular weight excluding hydrogens is 260 g/mol. The van der Waals surface area contributed by atoms with Crippen molar-refractivity contribution in [3.63, 3.8) is 0 Å². The van der Waals surface area contributed by atoms with Crippen molar-refractivity contribution in [3.8, 4) is 0 Å². The summed E-state index contributed by atoms with van der Waals surface area (Å²) in [4.78, 5) is 18.9. The van der Waals surface area contributed by atoms with E-state index in [0.29, 0.717) is 0 Å². The fourth-order valence-electron chi connectivity index (χ4n) is 2.23. The molecule has 0 saturated carbocycles. The fourth-order valence-corrected chi connectivity index (χ4v) is 2.95. The average Bonchev–Trinajstić information content (AvgIpc) is 2.93. The maximum absolute atomic E-state index is 12.4. The first-order chi connectivity index (χ1) is 9.00. The van der Waals surface area contributed by atoms with Gasteiger partial charge < -0.3 is 10.6 Å². The Bertz CT molecular complexity index is 412. The van der Waals surface area contributed by atoms with E-state index >= 15 is 0 Å². The van der Waals surface area contributed by atoms with E-state index in [2.05, 4.69) is 20.5 Å². The number of nitrogens with zero attached hydrogens (tertiary/aromatic N) is 2. The maximum Gasteiger partial charge on any atom is 0.237 e. The van der Waals surface area contributed by atoms with Crippen LogP contribution < -0.4 is 10.6 Å². The van der Waals surface area contributed by atoms with Gasteiger partial charge in [0.05, 0.1) is 11.6 Å². The van der Waals surface area contributed by atoms with Gasteiger partial charge >= 0.3 is 0 Å². The van der Waals surface area contributed by atoms with Crippen molar-refractivity contribution in [2.45, 2.75) is 32.4 Å². The molecule has 0 aromatic carbocycles. The molecule has 2 heterocycles. The van der Waals surface area contributed by atoms with Gasteiger partial charge in [0.2, 0.25) is 5.91 Å². The Morgan fingerprint density at radius 2 is 2.21 bits per heavy atom. The zero-order valence-corrected chi connectivity index (χ0v) is 12.6. The second-order valence-corrected chi connectivity index (χ2v) is 6.31. The van der Waals surface area contributed by atoms with Crippen LogP contribution in [-0.4, -0.2) is 48.0 Å². The molecule has 0 spiro atoms. The van der Waals surface area contributed by atoms with E-state index in [-0.39, 0.29) is 11.9 Å². The molecule has 0 aliphatic carbocycles. The van der Waals surface area contributed by atoms with Crippen LogP contribution in [0.4, 0.5) is 0 Å². The van der Waals surface area contributed by atoms with Crippen molar-refractivity contribution in [3.05, 3.63) is 16.6 Å². The fraction of sp³-hybridized carbons (Fsp3) is 0.692. The minimum Gasteiger partial charge on any atom is -0.343 e. The standard InChI is InChI=1S/C13H22N4OS/c1-10(17-7-4-14-5-8-17)11(18)16-13(2,3)12-15-6-9-19-12/h6,9-10,14H,4-5,7-8H2,1-3H3,(H,16,18). The van der Waals surface area contributed by atoms with E-state index in [1.54, 1.807) is 17.5 Å². The van der Waals surface area contributed by atoms with E-state index in [1.165, 1.54) is 0 Å². The van der Waals surface area contributed by atoms with Gasteiger partial charge in [-0.2, -0.15) is 0 Å². The quantitative estimate of drug-likeness (QED) is 0.857. The molecule has 1 saturated heterocycles. The highest BCUT2D eigenvalue weighted by atomic mass is 32.1. The third kappa shape index (κ3) is 3.52. The summed E-state index contributed by atoms with van der Waals surface area (Å²) in [7, 11) is 0. The summed E-state index contributed by atoms with van der Waals surface area (Å²) in [5, 5.41) is 9.27. The van der Waals surface area contributed by atoms with Crippen LogP contribution in [0.3, 0.4) is 0 Å². The van der Waals surface area contributed by atoms with E-state index in [0.717, 1.165) is 31.2 Å². The Hall–Kier alpha value is -0.980. The molecule has 0 radical (unpaired) electrons. The topological polar surface area (TPSA) is 57.3 Å². The minimum absolute atomic E-state index is 0.0714. The number of nitrogens with one attached hydrogen (secondary N) is 2. The van der Waals surface area contributed by atoms with Crippen molar-refractivity contribution >= 4 is 17.2 Å². The number of piperazine rings is 1. The number of hydrogen-bond acceptors (Lipinski definition) is 5. The monoisotopic (exact) mass is 282 g/mol. The third-order valence-electron chi connectivity index (χ3n) is 3.48. The molecular formula is C13H22N4OS. The smallest absolute Gasteiger partial charge is 0.237 e. The molecule has 5 nitrogen and oxygen atoms in total. The van der Waals surface area contributed by atoms with E-state index in [4.69, 9.17) is 0 Å². The van der Waals surface area contributed by atoms with Crippen LogP contribution in [0.5, 0.6) is 0 Å². The van der Waals surface area contributed by atoms with Crippen molar-refractivity contribution in [1.29, 1.82) is 0 Å². The van der Waals surface area contributed by atoms with Crippen molar-refractivity contribution in [2.75, 3.05) is 26.2 Å². The van der Waals surface area contributed by atoms with Gasteiger partial charge in [0, 0.05) is 37.8 Å². The van der Waals surface area contributed by atoms with Gasteiger partial charge in [0.15, 0.2) is 0 Å². The molecule has 1 unspecified atom stereocenters. The Morgan fingerprint density at radius 1 is 1.53 bits per heavy atom. The SMILES string of the molecule is CC(C(=O)NC(C)(C)c1nccs1)N1CCNCC1. The van der Waals surface area contributed by atoms with Crippen LogP contribution in [0.2, 0.25) is 0 Å². The molecule has 2 rings (SSSR count). The number of amides is 1. The van der Waals surface area contributed by atoms with Crippen LogP contribution in [0.1, 0.15) is 25.8 Å². The van der Waals surface area contributed by atoms with Crippen molar-refractivity contribution < 1.29 is 4.79 Å². The predicted octanol–water partition coefficient (Wildman–Crippen LogP) is 0.788. The molecule has 1 aliphatic rings. The van der Waals surface area contributed by atoms with Gasteiger partial charge in [-0.05, 0) is 20.8 Å². The summed E-state index contributed by atoms with van der Waals surface area (Å²) in [6, 6.07) is -0.0960. The van der Waals surface area contributed by atoms with Crippen LogP contribution in [0.15, 0.2) is 11.6 Å². The number of hydrogen-bond donors (Lipinski definition) is 2. The number of aromatic nitrogens is 1. The average molecular weight is 282 g/mol. The lowest BCUT2D eigenvalue weighted by Crippen LogP contribution is -2.55. The summed E-state index contributed by atoms with van der Waals surface area (Å²) in [5.74, 6) is 0.0714. The highest BCUT2D eigenvalue weighted by molar-refractivity contribution is 7.09. The van der Waals surface area contributed by atoms with E-state index in [9.17, 15) is 4.79 Å². The zero-order valence-electron chi connectivity index (χ0n) is 11.8. The lowest BCUT2D eigenvalue weighted by molar-refractivity contribution is -0.127. The maximum atomic E-state index is 12.4. The first-order valence-corrected chi connectivity index (χ1v) is 7.55. The number of rotatable bonds is 4. The normalized spacial score (nSPS) is 19.1. The van der Waals surface area contributed by atoms with Crippen LogP contribution in [0.25, 0.3) is 0 Å². The molecule has 1 aromatic heterocycles. The predicted molar refractivity (Wildman–Crippen MR) is 77.2 cm³/mol. The molecule has 106 valence electrons. The summed E-state index contributed by atoms with van der Waals surface area (Å²) in [5.41, 5.74) is -0.409. The second kappa shape index (κ2) is 5.98. The third-order valence-corrected chi connectivity index (χ3v) is 4.58. The molecule has 19 heavy (non-hydrogen) atoms. The Kier molecular flexibility index (Phi) is 4.54. The highest BCUT2D eigenvalue weighted by Crippen LogP contribution is 2.22. The van der Waals surface area contributed by atoms with Gasteiger partial charge in [-0.1, -0.05) is 0 Å². The van der Waals surface area contributed by atoms with Gasteiger partial charge in [0.25, 0.3) is 0 Å². The van der Waals surface area contributed by atoms with Crippen LogP contribution in [-0.2, 0) is 10.3 Å². The molecule has 6 heteroatoms. The highest BCUT2D eigenvalue weighted by Gasteiger charge is 2.30. The van der Waals surface area contributed by atoms with E-state index in [1.807, 2.05) is 26.2 Å². The van der Waals surface area contributed by atoms with Gasteiger partial charge in [-0.3, -0.25) is 9.69 Å². The van der Waals surface area contributed by atoms with Gasteiger partial charge in [-0.15, -0.1) is 11.3 Å². The first-order valence-electron chi connectivity index (χ1n) is 6.67. The second-order valence-electron chi connectivity index (χ2n) is 5.41. The van der Waals surface area contributed by atoms with Crippen LogP contribution >= 0.6 is 11.3 Å². The van der Waals surface area contributed by atoms with Crippen molar-refractivity contribution in [2.24, 2.45) is 0 Å². The molecule has 2 N–H and O–H groups in total. The number of carbonyl (C=O) groups excluding carboxylic acids is 1. The minimum atomic E-state index is -0.409. The number of thiazole rings is 1. The molecule has 0 bridgehead atoms. The molecule has 1 aromatic rings. The Balaban J connectivity index is 1.96. The summed E-state index contributed by atoms with van der Waals surface area (Å²) < 4.78 is 0. The lowest BCUT2D eigenvalue weighted by atomic mass is 10.1. The molecule has 1 amide bonds. The lowest BCUT2D eigenvalue weighted by Gasteiger charge is -2.34. The number of carbonyl (C=O) groups is 1. The van der Waals surface area contributed by atoms with Gasteiger partial charge in [-0.25, -0.2) is 4.98 Å². The first kappa shape index (κ1) is 14.4. The zero-order chi connectivity index (χ0) is 13.9. The Morgan fingerprint density at radius 3 is 2.79 bits per heavy atom. The summed E-state index contributed by atoms with van der Waals surface area (Å²) in [6.07, 6.45) is 1.77. The summed E-state index contributed by atoms with van der Waals surface area (Å²) >= 11 is 1.57. The molecule has 1 aliphatic heterocycles. The summed E-state index contributed by atoms with van der Waals surface area (Å²) in [6.45, 7) is 9.71.